The van der Waals surface area contributed by atoms with Gasteiger partial charge in [0.05, 0.1) is 20.0 Å². The zero-order valence-corrected chi connectivity index (χ0v) is 18.8. The number of nitrogens with zero attached hydrogens (tertiary/aromatic N) is 1. The number of sulfone groups is 1. The quantitative estimate of drug-likeness (QED) is 0.506. The van der Waals surface area contributed by atoms with Gasteiger partial charge in [0.15, 0.2) is 21.3 Å². The molecular formula is C22H35NO5S. The predicted molar refractivity (Wildman–Crippen MR) is 115 cm³/mol. The highest BCUT2D eigenvalue weighted by Gasteiger charge is 2.29. The summed E-state index contributed by atoms with van der Waals surface area (Å²) in [6, 6.07) is 5.96. The van der Waals surface area contributed by atoms with E-state index in [2.05, 4.69) is 0 Å². The Labute approximate surface area is 175 Å². The molecule has 1 fully saturated rings. The predicted octanol–water partition coefficient (Wildman–Crippen LogP) is 3.62. The Morgan fingerprint density at radius 2 is 1.90 bits per heavy atom. The maximum Gasteiger partial charge on any atom is 0.238 e. The fourth-order valence-corrected chi connectivity index (χ4v) is 5.24. The molecule has 1 aliphatic heterocycles. The number of unbranched alkanes of at least 4 members (excludes halogenated alkanes) is 2. The fourth-order valence-electron chi connectivity index (χ4n) is 3.91. The number of hydrogen-bond donors (Lipinski definition) is 0. The number of carbonyl (C=O) groups excluding carboxylic acids is 1. The molecule has 0 aromatic heterocycles. The maximum absolute atomic E-state index is 12.8. The summed E-state index contributed by atoms with van der Waals surface area (Å²) >= 11 is 0. The first-order valence-electron chi connectivity index (χ1n) is 10.6. The second kappa shape index (κ2) is 11.4. The lowest BCUT2D eigenvalue weighted by molar-refractivity contribution is -0.132. The second-order valence-corrected chi connectivity index (χ2v) is 9.95. The van der Waals surface area contributed by atoms with Crippen molar-refractivity contribution < 1.29 is 22.7 Å². The standard InChI is InChI=1S/C22H35NO5S/c1-4-5-8-15-29(25,26)17-22(24)23-14-7-6-9-19(23)12-10-18-11-13-20(27-2)21(16-18)28-3/h11,13,16,19H,4-10,12,14-15,17H2,1-3H3. The molecule has 29 heavy (non-hydrogen) atoms. The van der Waals surface area contributed by atoms with Gasteiger partial charge in [0, 0.05) is 12.6 Å². The Balaban J connectivity index is 1.97. The number of likely N-dealkylation sites (tertiary alicyclic amines) is 1. The summed E-state index contributed by atoms with van der Waals surface area (Å²) in [5.41, 5.74) is 1.12. The molecule has 0 spiro atoms. The summed E-state index contributed by atoms with van der Waals surface area (Å²) in [6.45, 7) is 2.69. The van der Waals surface area contributed by atoms with Gasteiger partial charge in [-0.05, 0) is 56.2 Å². The van der Waals surface area contributed by atoms with Crippen LogP contribution in [-0.2, 0) is 21.1 Å². The first-order valence-corrected chi connectivity index (χ1v) is 12.4. The van der Waals surface area contributed by atoms with E-state index in [9.17, 15) is 13.2 Å². The third kappa shape index (κ3) is 7.21. The van der Waals surface area contributed by atoms with Gasteiger partial charge in [0.25, 0.3) is 0 Å². The van der Waals surface area contributed by atoms with Crippen molar-refractivity contribution in [3.63, 3.8) is 0 Å². The van der Waals surface area contributed by atoms with Crippen molar-refractivity contribution in [3.8, 4) is 11.5 Å². The van der Waals surface area contributed by atoms with Crippen molar-refractivity contribution in [3.05, 3.63) is 23.8 Å². The van der Waals surface area contributed by atoms with Crippen LogP contribution in [0.4, 0.5) is 0 Å². The lowest BCUT2D eigenvalue weighted by Gasteiger charge is -2.36. The first-order chi connectivity index (χ1) is 13.9. The van der Waals surface area contributed by atoms with E-state index in [0.717, 1.165) is 50.5 Å². The summed E-state index contributed by atoms with van der Waals surface area (Å²) in [5, 5.41) is 0. The first kappa shape index (κ1) is 23.5. The van der Waals surface area contributed by atoms with Crippen molar-refractivity contribution in [2.75, 3.05) is 32.3 Å². The number of carbonyl (C=O) groups is 1. The molecule has 7 heteroatoms. The van der Waals surface area contributed by atoms with Crippen LogP contribution < -0.4 is 9.47 Å². The summed E-state index contributed by atoms with van der Waals surface area (Å²) in [6.07, 6.45) is 7.04. The van der Waals surface area contributed by atoms with Gasteiger partial charge in [0.1, 0.15) is 5.75 Å². The minimum atomic E-state index is -3.33. The molecule has 0 aliphatic carbocycles. The topological polar surface area (TPSA) is 72.9 Å². The Morgan fingerprint density at radius 1 is 1.14 bits per heavy atom. The number of piperidine rings is 1. The van der Waals surface area contributed by atoms with Gasteiger partial charge in [-0.3, -0.25) is 4.79 Å². The molecule has 164 valence electrons. The minimum absolute atomic E-state index is 0.0928. The fraction of sp³-hybridized carbons (Fsp3) is 0.682. The highest BCUT2D eigenvalue weighted by atomic mass is 32.2. The normalized spacial score (nSPS) is 17.2. The minimum Gasteiger partial charge on any atom is -0.493 e. The number of hydrogen-bond acceptors (Lipinski definition) is 5. The zero-order valence-electron chi connectivity index (χ0n) is 18.0. The number of aryl methyl sites for hydroxylation is 1. The van der Waals surface area contributed by atoms with Crippen LogP contribution in [0, 0.1) is 0 Å². The molecule has 0 radical (unpaired) electrons. The Morgan fingerprint density at radius 3 is 2.59 bits per heavy atom. The lowest BCUT2D eigenvalue weighted by Crippen LogP contribution is -2.46. The second-order valence-electron chi connectivity index (χ2n) is 7.76. The molecule has 1 amide bonds. The molecular weight excluding hydrogens is 390 g/mol. The molecule has 2 rings (SSSR count). The number of rotatable bonds is 11. The summed E-state index contributed by atoms with van der Waals surface area (Å²) in [4.78, 5) is 14.6. The number of methoxy groups -OCH3 is 2. The molecule has 1 unspecified atom stereocenters. The smallest absolute Gasteiger partial charge is 0.238 e. The summed E-state index contributed by atoms with van der Waals surface area (Å²) < 4.78 is 35.3. The largest absolute Gasteiger partial charge is 0.493 e. The van der Waals surface area contributed by atoms with E-state index in [1.807, 2.05) is 30.0 Å². The highest BCUT2D eigenvalue weighted by molar-refractivity contribution is 7.92. The van der Waals surface area contributed by atoms with E-state index < -0.39 is 9.84 Å². The van der Waals surface area contributed by atoms with Crippen molar-refractivity contribution in [1.82, 2.24) is 4.90 Å². The monoisotopic (exact) mass is 425 g/mol. The van der Waals surface area contributed by atoms with E-state index in [0.29, 0.717) is 24.5 Å². The van der Waals surface area contributed by atoms with Crippen LogP contribution in [0.3, 0.4) is 0 Å². The van der Waals surface area contributed by atoms with Crippen molar-refractivity contribution in [2.24, 2.45) is 0 Å². The molecule has 1 heterocycles. The molecule has 1 atom stereocenters. The molecule has 1 aliphatic rings. The molecule has 0 bridgehead atoms. The van der Waals surface area contributed by atoms with Gasteiger partial charge in [-0.25, -0.2) is 8.42 Å². The summed E-state index contributed by atoms with van der Waals surface area (Å²) in [5.74, 6) is 0.901. The van der Waals surface area contributed by atoms with Crippen LogP contribution in [0.5, 0.6) is 11.5 Å². The number of benzene rings is 1. The van der Waals surface area contributed by atoms with Gasteiger partial charge < -0.3 is 14.4 Å². The Kier molecular flexibility index (Phi) is 9.27. The van der Waals surface area contributed by atoms with Crippen molar-refractivity contribution >= 4 is 15.7 Å². The van der Waals surface area contributed by atoms with Gasteiger partial charge >= 0.3 is 0 Å². The molecule has 1 aromatic carbocycles. The van der Waals surface area contributed by atoms with E-state index in [4.69, 9.17) is 9.47 Å². The average Bonchev–Trinajstić information content (AvgIpc) is 2.71. The Hall–Kier alpha value is -1.76. The highest BCUT2D eigenvalue weighted by Crippen LogP contribution is 2.29. The molecule has 6 nitrogen and oxygen atoms in total. The SMILES string of the molecule is CCCCCS(=O)(=O)CC(=O)N1CCCCC1CCc1ccc(OC)c(OC)c1. The maximum atomic E-state index is 12.8. The average molecular weight is 426 g/mol. The Bertz CT molecular complexity index is 762. The van der Waals surface area contributed by atoms with Crippen molar-refractivity contribution in [1.29, 1.82) is 0 Å². The lowest BCUT2D eigenvalue weighted by atomic mass is 9.95. The van der Waals surface area contributed by atoms with Crippen molar-refractivity contribution in [2.45, 2.75) is 64.3 Å². The van der Waals surface area contributed by atoms with E-state index in [-0.39, 0.29) is 23.5 Å². The van der Waals surface area contributed by atoms with Gasteiger partial charge in [-0.1, -0.05) is 25.8 Å². The molecule has 1 saturated heterocycles. The van der Waals surface area contributed by atoms with Crippen LogP contribution in [0.1, 0.15) is 57.4 Å². The zero-order chi connectivity index (χ0) is 21.3. The number of ether oxygens (including phenoxy) is 2. The van der Waals surface area contributed by atoms with Crippen LogP contribution in [0.2, 0.25) is 0 Å². The van der Waals surface area contributed by atoms with Crippen LogP contribution in [0.15, 0.2) is 18.2 Å². The van der Waals surface area contributed by atoms with Gasteiger partial charge in [-0.15, -0.1) is 0 Å². The van der Waals surface area contributed by atoms with E-state index in [1.165, 1.54) is 0 Å². The van der Waals surface area contributed by atoms with Crippen LogP contribution in [-0.4, -0.2) is 57.5 Å². The third-order valence-corrected chi connectivity index (χ3v) is 7.16. The van der Waals surface area contributed by atoms with Gasteiger partial charge in [0.2, 0.25) is 5.91 Å². The van der Waals surface area contributed by atoms with Gasteiger partial charge in [-0.2, -0.15) is 0 Å². The van der Waals surface area contributed by atoms with Crippen LogP contribution in [0.25, 0.3) is 0 Å². The van der Waals surface area contributed by atoms with E-state index >= 15 is 0 Å². The third-order valence-electron chi connectivity index (χ3n) is 5.56. The summed E-state index contributed by atoms with van der Waals surface area (Å²) in [7, 11) is -0.106. The molecule has 0 N–H and O–H groups in total. The number of amides is 1. The molecule has 0 saturated carbocycles. The van der Waals surface area contributed by atoms with Crippen LogP contribution >= 0.6 is 0 Å². The molecule has 1 aromatic rings. The van der Waals surface area contributed by atoms with E-state index in [1.54, 1.807) is 14.2 Å².